The number of nitrogens with zero attached hydrogens (tertiary/aromatic N) is 3. The van der Waals surface area contributed by atoms with Crippen LogP contribution in [0.4, 0.5) is 5.95 Å². The highest BCUT2D eigenvalue weighted by Gasteiger charge is 2.25. The zero-order valence-electron chi connectivity index (χ0n) is 9.69. The van der Waals surface area contributed by atoms with Gasteiger partial charge in [-0.25, -0.2) is 10.8 Å². The summed E-state index contributed by atoms with van der Waals surface area (Å²) in [7, 11) is 2.09. The first-order valence-corrected chi connectivity index (χ1v) is 5.90. The second-order valence-corrected chi connectivity index (χ2v) is 4.46. The fourth-order valence-corrected chi connectivity index (χ4v) is 1.65. The van der Waals surface area contributed by atoms with Crippen molar-refractivity contribution in [1.82, 2.24) is 14.9 Å². The summed E-state index contributed by atoms with van der Waals surface area (Å²) < 4.78 is 5.51. The van der Waals surface area contributed by atoms with Crippen molar-refractivity contribution < 1.29 is 4.74 Å². The van der Waals surface area contributed by atoms with Gasteiger partial charge >= 0.3 is 0 Å². The van der Waals surface area contributed by atoms with Crippen molar-refractivity contribution in [2.45, 2.75) is 18.9 Å². The summed E-state index contributed by atoms with van der Waals surface area (Å²) in [5, 5.41) is 0.387. The number of anilines is 1. The minimum absolute atomic E-state index is 0.292. The topological polar surface area (TPSA) is 76.3 Å². The molecule has 17 heavy (non-hydrogen) atoms. The molecule has 7 heteroatoms. The lowest BCUT2D eigenvalue weighted by Gasteiger charge is -2.15. The summed E-state index contributed by atoms with van der Waals surface area (Å²) in [6.07, 6.45) is 4.03. The summed E-state index contributed by atoms with van der Waals surface area (Å²) in [5.41, 5.74) is 2.35. The molecule has 3 N–H and O–H groups in total. The molecule has 2 rings (SSSR count). The van der Waals surface area contributed by atoms with Crippen molar-refractivity contribution in [2.75, 3.05) is 25.6 Å². The van der Waals surface area contributed by atoms with E-state index in [1.807, 2.05) is 0 Å². The number of nitrogen functional groups attached to an aromatic ring is 1. The highest BCUT2D eigenvalue weighted by Crippen LogP contribution is 2.25. The molecule has 1 aromatic rings. The highest BCUT2D eigenvalue weighted by atomic mass is 35.5. The molecular formula is C10H16ClN5O. The molecule has 0 unspecified atom stereocenters. The normalized spacial score (nSPS) is 15.1. The first kappa shape index (κ1) is 12.3. The first-order valence-electron chi connectivity index (χ1n) is 5.53. The molecule has 0 radical (unpaired) electrons. The van der Waals surface area contributed by atoms with Gasteiger partial charge in [0.15, 0.2) is 0 Å². The molecule has 0 saturated heterocycles. The predicted octanol–water partition coefficient (Wildman–Crippen LogP) is 0.889. The maximum atomic E-state index is 5.91. The Kier molecular flexibility index (Phi) is 3.98. The lowest BCUT2D eigenvalue weighted by Crippen LogP contribution is -2.26. The fraction of sp³-hybridized carbons (Fsp3) is 0.600. The summed E-state index contributed by atoms with van der Waals surface area (Å²) >= 11 is 5.91. The summed E-state index contributed by atoms with van der Waals surface area (Å²) in [5.74, 6) is 5.86. The van der Waals surface area contributed by atoms with E-state index in [2.05, 4.69) is 27.3 Å². The summed E-state index contributed by atoms with van der Waals surface area (Å²) in [4.78, 5) is 10.2. The molecule has 0 aromatic carbocycles. The van der Waals surface area contributed by atoms with E-state index in [4.69, 9.17) is 22.2 Å². The van der Waals surface area contributed by atoms with Gasteiger partial charge < -0.3 is 9.64 Å². The molecule has 94 valence electrons. The molecule has 6 nitrogen and oxygen atoms in total. The molecule has 1 aromatic heterocycles. The molecule has 1 heterocycles. The lowest BCUT2D eigenvalue weighted by atomic mass is 10.5. The van der Waals surface area contributed by atoms with Gasteiger partial charge in [-0.15, -0.1) is 0 Å². The van der Waals surface area contributed by atoms with E-state index in [0.717, 1.165) is 12.6 Å². The number of nitrogens with two attached hydrogens (primary N) is 1. The van der Waals surface area contributed by atoms with Gasteiger partial charge in [-0.1, -0.05) is 11.6 Å². The van der Waals surface area contributed by atoms with Crippen molar-refractivity contribution in [1.29, 1.82) is 0 Å². The number of ether oxygens (including phenoxy) is 1. The number of hydrogen-bond donors (Lipinski definition) is 2. The van der Waals surface area contributed by atoms with Crippen LogP contribution in [0.3, 0.4) is 0 Å². The highest BCUT2D eigenvalue weighted by molar-refractivity contribution is 6.31. The van der Waals surface area contributed by atoms with Gasteiger partial charge in [0, 0.05) is 12.6 Å². The van der Waals surface area contributed by atoms with E-state index in [1.54, 1.807) is 0 Å². The Balaban J connectivity index is 1.84. The molecule has 0 spiro atoms. The Hall–Kier alpha value is -1.11. The van der Waals surface area contributed by atoms with Gasteiger partial charge in [-0.3, -0.25) is 5.43 Å². The molecule has 1 saturated carbocycles. The number of hydrogen-bond acceptors (Lipinski definition) is 6. The van der Waals surface area contributed by atoms with Crippen LogP contribution in [0.1, 0.15) is 12.8 Å². The van der Waals surface area contributed by atoms with Gasteiger partial charge in [0.2, 0.25) is 11.8 Å². The van der Waals surface area contributed by atoms with Crippen LogP contribution in [0.2, 0.25) is 5.02 Å². The van der Waals surface area contributed by atoms with Crippen LogP contribution in [0.15, 0.2) is 6.20 Å². The molecule has 1 aliphatic carbocycles. The van der Waals surface area contributed by atoms with Gasteiger partial charge in [0.05, 0.1) is 6.20 Å². The SMILES string of the molecule is CN(CCOc1nc(NN)ncc1Cl)C1CC1. The van der Waals surface area contributed by atoms with Gasteiger partial charge in [-0.2, -0.15) is 4.98 Å². The third kappa shape index (κ3) is 3.42. The molecular weight excluding hydrogens is 242 g/mol. The summed E-state index contributed by atoms with van der Waals surface area (Å²) in [6.45, 7) is 1.41. The Bertz CT molecular complexity index is 385. The van der Waals surface area contributed by atoms with Crippen LogP contribution in [0.5, 0.6) is 5.88 Å². The number of hydrazine groups is 1. The van der Waals surface area contributed by atoms with Crippen molar-refractivity contribution in [3.63, 3.8) is 0 Å². The van der Waals surface area contributed by atoms with E-state index >= 15 is 0 Å². The van der Waals surface area contributed by atoms with Crippen molar-refractivity contribution in [3.05, 3.63) is 11.2 Å². The van der Waals surface area contributed by atoms with Crippen molar-refractivity contribution in [2.24, 2.45) is 5.84 Å². The maximum Gasteiger partial charge on any atom is 0.240 e. The second-order valence-electron chi connectivity index (χ2n) is 4.05. The van der Waals surface area contributed by atoms with Crippen LogP contribution in [0, 0.1) is 0 Å². The van der Waals surface area contributed by atoms with E-state index < -0.39 is 0 Å². The Morgan fingerprint density at radius 3 is 3.06 bits per heavy atom. The largest absolute Gasteiger partial charge is 0.475 e. The van der Waals surface area contributed by atoms with E-state index in [9.17, 15) is 0 Å². The average Bonchev–Trinajstić information content (AvgIpc) is 3.15. The molecule has 0 aliphatic heterocycles. The smallest absolute Gasteiger partial charge is 0.240 e. The third-order valence-corrected chi connectivity index (χ3v) is 2.95. The van der Waals surface area contributed by atoms with Crippen molar-refractivity contribution in [3.8, 4) is 5.88 Å². The third-order valence-electron chi connectivity index (χ3n) is 2.69. The zero-order valence-corrected chi connectivity index (χ0v) is 10.4. The van der Waals surface area contributed by atoms with Crippen LogP contribution >= 0.6 is 11.6 Å². The van der Waals surface area contributed by atoms with E-state index in [0.29, 0.717) is 23.5 Å². The fourth-order valence-electron chi connectivity index (χ4n) is 1.51. The number of likely N-dealkylation sites (N-methyl/N-ethyl adjacent to an activating group) is 1. The van der Waals surface area contributed by atoms with E-state index in [1.165, 1.54) is 19.0 Å². The number of rotatable bonds is 6. The quantitative estimate of drug-likeness (QED) is 0.582. The zero-order chi connectivity index (χ0) is 12.3. The molecule has 1 fully saturated rings. The lowest BCUT2D eigenvalue weighted by molar-refractivity contribution is 0.226. The van der Waals surface area contributed by atoms with Crippen LogP contribution in [0.25, 0.3) is 0 Å². The Labute approximate surface area is 105 Å². The average molecular weight is 258 g/mol. The maximum absolute atomic E-state index is 5.91. The number of halogens is 1. The first-order chi connectivity index (χ1) is 8.20. The molecule has 0 atom stereocenters. The number of nitrogens with one attached hydrogen (secondary N) is 1. The number of aromatic nitrogens is 2. The Morgan fingerprint density at radius 1 is 1.65 bits per heavy atom. The predicted molar refractivity (Wildman–Crippen MR) is 66.0 cm³/mol. The molecule has 0 amide bonds. The monoisotopic (exact) mass is 257 g/mol. The van der Waals surface area contributed by atoms with E-state index in [-0.39, 0.29) is 0 Å². The minimum atomic E-state index is 0.292. The van der Waals surface area contributed by atoms with Crippen LogP contribution in [-0.2, 0) is 0 Å². The van der Waals surface area contributed by atoms with Gasteiger partial charge in [0.1, 0.15) is 11.6 Å². The van der Waals surface area contributed by atoms with Crippen LogP contribution in [-0.4, -0.2) is 41.1 Å². The molecule has 1 aliphatic rings. The van der Waals surface area contributed by atoms with Crippen molar-refractivity contribution >= 4 is 17.5 Å². The standard InChI is InChI=1S/C10H16ClN5O/c1-16(7-2-3-7)4-5-17-9-8(11)6-13-10(14-9)15-12/h6-7H,2-5,12H2,1H3,(H,13,14,15). The van der Waals surface area contributed by atoms with Gasteiger partial charge in [0.25, 0.3) is 0 Å². The van der Waals surface area contributed by atoms with Crippen LogP contribution < -0.4 is 16.0 Å². The molecule has 0 bridgehead atoms. The Morgan fingerprint density at radius 2 is 2.41 bits per heavy atom. The summed E-state index contributed by atoms with van der Waals surface area (Å²) in [6, 6.07) is 0.723. The minimum Gasteiger partial charge on any atom is -0.475 e. The second kappa shape index (κ2) is 5.48. The van der Waals surface area contributed by atoms with Gasteiger partial charge in [-0.05, 0) is 19.9 Å².